The highest BCUT2D eigenvalue weighted by Crippen LogP contribution is 2.45. The van der Waals surface area contributed by atoms with Gasteiger partial charge < -0.3 is 0 Å². The number of imide groups is 1. The Kier molecular flexibility index (Phi) is 3.24. The van der Waals surface area contributed by atoms with Crippen LogP contribution in [-0.2, 0) is 4.79 Å². The summed E-state index contributed by atoms with van der Waals surface area (Å²) in [6, 6.07) is 14.4. The number of amides is 2. The first-order valence-corrected chi connectivity index (χ1v) is 8.84. The Morgan fingerprint density at radius 3 is 2.64 bits per heavy atom. The van der Waals surface area contributed by atoms with E-state index in [0.717, 1.165) is 27.6 Å². The van der Waals surface area contributed by atoms with Crippen LogP contribution in [0.25, 0.3) is 15.7 Å². The first-order chi connectivity index (χ1) is 10.7. The number of allylic oxidation sites excluding steroid dienone is 2. The number of thioether (sulfide) groups is 1. The largest absolute Gasteiger partial charge is 0.291 e. The molecule has 1 unspecified atom stereocenters. The molecule has 1 atom stereocenters. The van der Waals surface area contributed by atoms with E-state index in [1.165, 1.54) is 5.39 Å². The number of hydrogen-bond donors (Lipinski definition) is 1. The molecule has 0 aromatic heterocycles. The van der Waals surface area contributed by atoms with Crippen molar-refractivity contribution in [2.45, 2.75) is 0 Å². The summed E-state index contributed by atoms with van der Waals surface area (Å²) < 4.78 is 0.581. The summed E-state index contributed by atoms with van der Waals surface area (Å²) in [5, 5.41) is 6.39. The minimum absolute atomic E-state index is 0.268. The Morgan fingerprint density at radius 2 is 1.82 bits per heavy atom. The van der Waals surface area contributed by atoms with Crippen molar-refractivity contribution in [2.24, 2.45) is 0 Å². The molecular formula is C17H11NO2S2. The number of hydrogen-bond acceptors (Lipinski definition) is 3. The Labute approximate surface area is 134 Å². The number of benzene rings is 2. The monoisotopic (exact) mass is 325 g/mol. The second-order valence-electron chi connectivity index (χ2n) is 4.86. The van der Waals surface area contributed by atoms with E-state index in [2.05, 4.69) is 29.6 Å². The molecule has 0 aliphatic carbocycles. The standard InChI is InChI=1S/C17H11NO2S2/c19-15-16(21-17(20)18-15)22-10-4-9-14(22)13-8-3-6-11-5-1-2-7-12(11)13/h1-10H,(H,18,19,20). The summed E-state index contributed by atoms with van der Waals surface area (Å²) in [5.74, 6) is -0.268. The average Bonchev–Trinajstić information content (AvgIpc) is 3.12. The van der Waals surface area contributed by atoms with E-state index in [4.69, 9.17) is 0 Å². The molecule has 1 N–H and O–H groups in total. The average molecular weight is 325 g/mol. The highest BCUT2D eigenvalue weighted by molar-refractivity contribution is 8.46. The highest BCUT2D eigenvalue weighted by atomic mass is 32.2. The van der Waals surface area contributed by atoms with Crippen LogP contribution in [0.2, 0.25) is 0 Å². The normalized spacial score (nSPS) is 22.3. The molecule has 2 heterocycles. The van der Waals surface area contributed by atoms with Gasteiger partial charge in [-0.2, -0.15) is 0 Å². The van der Waals surface area contributed by atoms with Gasteiger partial charge in [0.05, 0.1) is 0 Å². The van der Waals surface area contributed by atoms with Crippen molar-refractivity contribution in [1.29, 1.82) is 0 Å². The van der Waals surface area contributed by atoms with Gasteiger partial charge in [0, 0.05) is 4.91 Å². The van der Waals surface area contributed by atoms with Gasteiger partial charge in [0.15, 0.2) is 0 Å². The maximum absolute atomic E-state index is 12.0. The van der Waals surface area contributed by atoms with Gasteiger partial charge in [-0.05, 0) is 39.6 Å². The molecule has 2 amide bonds. The van der Waals surface area contributed by atoms with Crippen LogP contribution in [0, 0.1) is 0 Å². The first kappa shape index (κ1) is 13.5. The topological polar surface area (TPSA) is 46.2 Å². The minimum atomic E-state index is -0.471. The molecule has 2 aromatic rings. The Hall–Kier alpha value is -2.11. The quantitative estimate of drug-likeness (QED) is 0.803. The summed E-state index contributed by atoms with van der Waals surface area (Å²) in [4.78, 5) is 24.5. The van der Waals surface area contributed by atoms with Crippen molar-refractivity contribution in [1.82, 2.24) is 5.32 Å². The predicted octanol–water partition coefficient (Wildman–Crippen LogP) is 4.09. The van der Waals surface area contributed by atoms with Crippen molar-refractivity contribution in [3.05, 3.63) is 65.6 Å². The predicted molar refractivity (Wildman–Crippen MR) is 94.8 cm³/mol. The smallest absolute Gasteiger partial charge is 0.282 e. The zero-order valence-corrected chi connectivity index (χ0v) is 13.0. The lowest BCUT2D eigenvalue weighted by atomic mass is 10.0. The third kappa shape index (κ3) is 2.14. The van der Waals surface area contributed by atoms with E-state index in [9.17, 15) is 9.59 Å². The van der Waals surface area contributed by atoms with Gasteiger partial charge in [-0.25, -0.2) is 0 Å². The summed E-state index contributed by atoms with van der Waals surface area (Å²) in [6.45, 7) is 0. The molecule has 1 fully saturated rings. The van der Waals surface area contributed by atoms with E-state index in [1.54, 1.807) is 0 Å². The fourth-order valence-electron chi connectivity index (χ4n) is 2.61. The number of carbonyl (C=O) groups is 2. The van der Waals surface area contributed by atoms with Crippen LogP contribution in [0.3, 0.4) is 0 Å². The number of rotatable bonds is 1. The van der Waals surface area contributed by atoms with Crippen LogP contribution < -0.4 is 5.32 Å². The van der Waals surface area contributed by atoms with Crippen molar-refractivity contribution in [3.8, 4) is 0 Å². The summed E-state index contributed by atoms with van der Waals surface area (Å²) in [6.07, 6.45) is 4.00. The Morgan fingerprint density at radius 1 is 1.00 bits per heavy atom. The lowest BCUT2D eigenvalue weighted by Crippen LogP contribution is -2.21. The van der Waals surface area contributed by atoms with Crippen LogP contribution in [-0.4, -0.2) is 15.3 Å². The maximum Gasteiger partial charge on any atom is 0.291 e. The minimum Gasteiger partial charge on any atom is -0.282 e. The maximum atomic E-state index is 12.0. The van der Waals surface area contributed by atoms with E-state index < -0.39 is 10.5 Å². The molecular weight excluding hydrogens is 314 g/mol. The van der Waals surface area contributed by atoms with Crippen LogP contribution in [0.1, 0.15) is 5.56 Å². The molecule has 3 nitrogen and oxygen atoms in total. The fraction of sp³-hybridized carbons (Fsp3) is 0. The fourth-order valence-corrected chi connectivity index (χ4v) is 5.68. The van der Waals surface area contributed by atoms with E-state index >= 15 is 0 Å². The second-order valence-corrected chi connectivity index (χ2v) is 7.89. The van der Waals surface area contributed by atoms with Gasteiger partial charge >= 0.3 is 0 Å². The zero-order chi connectivity index (χ0) is 15.1. The van der Waals surface area contributed by atoms with Crippen LogP contribution in [0.15, 0.2) is 60.0 Å². The van der Waals surface area contributed by atoms with Crippen LogP contribution in [0.4, 0.5) is 4.79 Å². The third-order valence-corrected chi connectivity index (χ3v) is 6.83. The molecule has 0 saturated carbocycles. The van der Waals surface area contributed by atoms with Crippen molar-refractivity contribution in [3.63, 3.8) is 0 Å². The molecule has 0 bridgehead atoms. The molecule has 0 radical (unpaired) electrons. The highest BCUT2D eigenvalue weighted by Gasteiger charge is 2.30. The molecule has 2 aliphatic rings. The zero-order valence-electron chi connectivity index (χ0n) is 11.4. The Balaban J connectivity index is 1.91. The van der Waals surface area contributed by atoms with Crippen LogP contribution >= 0.6 is 22.2 Å². The molecule has 0 spiro atoms. The van der Waals surface area contributed by atoms with Gasteiger partial charge in [0.2, 0.25) is 0 Å². The van der Waals surface area contributed by atoms with E-state index in [1.807, 2.05) is 35.8 Å². The molecule has 5 heteroatoms. The van der Waals surface area contributed by atoms with Gasteiger partial charge in [-0.1, -0.05) is 48.5 Å². The summed E-state index contributed by atoms with van der Waals surface area (Å²) in [7, 11) is -0.471. The van der Waals surface area contributed by atoms with Crippen molar-refractivity contribution in [2.75, 3.05) is 0 Å². The number of nitrogens with one attached hydrogen (secondary N) is 1. The molecule has 108 valence electrons. The SMILES string of the molecule is O=C1NC(=O)C(=S2C=CC=C2c2cccc3ccccc23)S1. The van der Waals surface area contributed by atoms with E-state index in [0.29, 0.717) is 4.20 Å². The third-order valence-electron chi connectivity index (χ3n) is 3.54. The van der Waals surface area contributed by atoms with Gasteiger partial charge in [0.25, 0.3) is 11.1 Å². The van der Waals surface area contributed by atoms with Gasteiger partial charge in [-0.15, -0.1) is 10.5 Å². The summed E-state index contributed by atoms with van der Waals surface area (Å²) in [5.41, 5.74) is 1.12. The van der Waals surface area contributed by atoms with Gasteiger partial charge in [0.1, 0.15) is 4.20 Å². The van der Waals surface area contributed by atoms with Gasteiger partial charge in [-0.3, -0.25) is 14.9 Å². The first-order valence-electron chi connectivity index (χ1n) is 6.74. The van der Waals surface area contributed by atoms with Crippen molar-refractivity contribution >= 4 is 53.3 Å². The van der Waals surface area contributed by atoms with Crippen LogP contribution in [0.5, 0.6) is 0 Å². The molecule has 2 aliphatic heterocycles. The van der Waals surface area contributed by atoms with E-state index in [-0.39, 0.29) is 11.1 Å². The summed E-state index contributed by atoms with van der Waals surface area (Å²) >= 11 is 1.01. The number of carbonyl (C=O) groups excluding carboxylic acids is 2. The molecule has 4 rings (SSSR count). The molecule has 2 aromatic carbocycles. The van der Waals surface area contributed by atoms with Crippen molar-refractivity contribution < 1.29 is 9.59 Å². The molecule has 1 saturated heterocycles. The lowest BCUT2D eigenvalue weighted by molar-refractivity contribution is -0.113. The molecule has 22 heavy (non-hydrogen) atoms. The lowest BCUT2D eigenvalue weighted by Gasteiger charge is -2.11. The second kappa shape index (κ2) is 5.26. The number of fused-ring (bicyclic) bond motifs is 1. The Bertz CT molecular complexity index is 920.